The van der Waals surface area contributed by atoms with Crippen LogP contribution in [-0.2, 0) is 14.3 Å². The fourth-order valence-electron chi connectivity index (χ4n) is 3.85. The van der Waals surface area contributed by atoms with Crippen LogP contribution in [0.4, 0.5) is 11.4 Å². The highest BCUT2D eigenvalue weighted by Gasteiger charge is 2.36. The van der Waals surface area contributed by atoms with Crippen molar-refractivity contribution in [1.29, 1.82) is 0 Å². The molecule has 1 aliphatic heterocycles. The number of benzene rings is 3. The van der Waals surface area contributed by atoms with Crippen molar-refractivity contribution in [1.82, 2.24) is 0 Å². The second-order valence-corrected chi connectivity index (χ2v) is 8.36. The highest BCUT2D eigenvalue weighted by Crippen LogP contribution is 2.28. The summed E-state index contributed by atoms with van der Waals surface area (Å²) in [6.07, 6.45) is -0.136. The molecule has 4 rings (SSSR count). The fraction of sp³-hybridized carbons (Fsp3) is 0.185. The maximum atomic E-state index is 12.5. The molecule has 0 saturated carbocycles. The number of carbonyl (C=O) groups excluding carboxylic acids is 4. The Morgan fingerprint density at radius 1 is 0.974 bits per heavy atom. The number of esters is 2. The molecule has 1 amide bonds. The molecule has 0 aliphatic carbocycles. The van der Waals surface area contributed by atoms with Crippen molar-refractivity contribution in [3.8, 4) is 11.5 Å². The van der Waals surface area contributed by atoms with Crippen molar-refractivity contribution in [2.45, 2.75) is 6.42 Å². The predicted octanol–water partition coefficient (Wildman–Crippen LogP) is 3.60. The van der Waals surface area contributed by atoms with E-state index in [4.69, 9.17) is 14.2 Å². The van der Waals surface area contributed by atoms with Crippen molar-refractivity contribution in [3.63, 3.8) is 0 Å². The zero-order chi connectivity index (χ0) is 27.2. The van der Waals surface area contributed by atoms with E-state index < -0.39 is 35.2 Å². The van der Waals surface area contributed by atoms with Crippen molar-refractivity contribution < 1.29 is 38.3 Å². The summed E-state index contributed by atoms with van der Waals surface area (Å²) in [7, 11) is 1.49. The smallest absolute Gasteiger partial charge is 0.343 e. The van der Waals surface area contributed by atoms with Gasteiger partial charge >= 0.3 is 11.9 Å². The number of nitrogens with zero attached hydrogens (tertiary/aromatic N) is 2. The first kappa shape index (κ1) is 26.0. The Labute approximate surface area is 216 Å². The summed E-state index contributed by atoms with van der Waals surface area (Å²) in [4.78, 5) is 61.5. The first-order valence-corrected chi connectivity index (χ1v) is 11.5. The lowest BCUT2D eigenvalue weighted by Crippen LogP contribution is -2.27. The monoisotopic (exact) mass is 518 g/mol. The van der Waals surface area contributed by atoms with Crippen molar-refractivity contribution in [2.24, 2.45) is 5.92 Å². The van der Waals surface area contributed by atoms with Gasteiger partial charge in [-0.2, -0.15) is 0 Å². The van der Waals surface area contributed by atoms with Crippen LogP contribution in [0.1, 0.15) is 27.1 Å². The van der Waals surface area contributed by atoms with Gasteiger partial charge in [-0.25, -0.2) is 4.79 Å². The lowest BCUT2D eigenvalue weighted by Gasteiger charge is -2.16. The molecular formula is C27H22N2O9. The van der Waals surface area contributed by atoms with E-state index in [0.717, 1.165) is 0 Å². The van der Waals surface area contributed by atoms with Crippen LogP contribution in [0.5, 0.6) is 11.5 Å². The topological polar surface area (TPSA) is 142 Å². The predicted molar refractivity (Wildman–Crippen MR) is 133 cm³/mol. The first-order chi connectivity index (χ1) is 18.2. The van der Waals surface area contributed by atoms with Gasteiger partial charge in [0, 0.05) is 30.7 Å². The largest absolute Gasteiger partial charge is 0.497 e. The van der Waals surface area contributed by atoms with Gasteiger partial charge in [-0.05, 0) is 48.5 Å². The molecule has 0 unspecified atom stereocenters. The fourth-order valence-corrected chi connectivity index (χ4v) is 3.85. The van der Waals surface area contributed by atoms with Crippen LogP contribution in [-0.4, -0.2) is 48.8 Å². The lowest BCUT2D eigenvalue weighted by atomic mass is 10.1. The Bertz CT molecular complexity index is 1400. The Morgan fingerprint density at radius 2 is 1.71 bits per heavy atom. The number of nitro groups is 1. The molecule has 0 radical (unpaired) electrons. The van der Waals surface area contributed by atoms with E-state index in [-0.39, 0.29) is 35.9 Å². The molecular weight excluding hydrogens is 496 g/mol. The van der Waals surface area contributed by atoms with E-state index in [0.29, 0.717) is 17.0 Å². The molecule has 1 atom stereocenters. The molecule has 194 valence electrons. The molecule has 3 aromatic carbocycles. The maximum absolute atomic E-state index is 12.5. The second kappa shape index (κ2) is 11.3. The number of anilines is 1. The minimum absolute atomic E-state index is 0.0135. The number of amides is 1. The summed E-state index contributed by atoms with van der Waals surface area (Å²) in [6.45, 7) is -0.552. The molecule has 0 spiro atoms. The molecule has 11 nitrogen and oxygen atoms in total. The van der Waals surface area contributed by atoms with Gasteiger partial charge in [0.15, 0.2) is 12.4 Å². The van der Waals surface area contributed by atoms with Crippen molar-refractivity contribution in [3.05, 3.63) is 94.0 Å². The van der Waals surface area contributed by atoms with E-state index in [9.17, 15) is 29.3 Å². The quantitative estimate of drug-likeness (QED) is 0.136. The van der Waals surface area contributed by atoms with E-state index >= 15 is 0 Å². The van der Waals surface area contributed by atoms with Gasteiger partial charge in [0.1, 0.15) is 11.5 Å². The number of hydrogen-bond donors (Lipinski definition) is 0. The highest BCUT2D eigenvalue weighted by molar-refractivity contribution is 6.01. The molecule has 1 heterocycles. The van der Waals surface area contributed by atoms with Gasteiger partial charge in [0.05, 0.1) is 29.2 Å². The average molecular weight is 518 g/mol. The number of ketones is 1. The maximum Gasteiger partial charge on any atom is 0.343 e. The summed E-state index contributed by atoms with van der Waals surface area (Å²) in [5, 5.41) is 11.0. The van der Waals surface area contributed by atoms with Gasteiger partial charge in [-0.3, -0.25) is 24.5 Å². The molecule has 0 bridgehead atoms. The first-order valence-electron chi connectivity index (χ1n) is 11.5. The number of nitro benzene ring substituents is 1. The number of carbonyl (C=O) groups is 4. The van der Waals surface area contributed by atoms with E-state index in [1.807, 2.05) is 0 Å². The van der Waals surface area contributed by atoms with Crippen LogP contribution >= 0.6 is 0 Å². The normalized spacial score (nSPS) is 14.6. The van der Waals surface area contributed by atoms with Crippen molar-refractivity contribution >= 4 is 35.0 Å². The highest BCUT2D eigenvalue weighted by atomic mass is 16.6. The summed E-state index contributed by atoms with van der Waals surface area (Å²) in [5.74, 6) is -2.26. The third-order valence-electron chi connectivity index (χ3n) is 5.85. The van der Waals surface area contributed by atoms with Crippen LogP contribution in [0.25, 0.3) is 0 Å². The number of methoxy groups -OCH3 is 1. The lowest BCUT2D eigenvalue weighted by molar-refractivity contribution is -0.384. The zero-order valence-electron chi connectivity index (χ0n) is 20.2. The van der Waals surface area contributed by atoms with Crippen LogP contribution in [0.2, 0.25) is 0 Å². The summed E-state index contributed by atoms with van der Waals surface area (Å²) < 4.78 is 15.5. The number of hydrogen-bond acceptors (Lipinski definition) is 9. The SMILES string of the molecule is COc1cccc(C(=O)Oc2ccc(C(=O)COC(=O)[C@@H]3CC(=O)N(c4cccc([N+](=O)[O-])c4)C3)cc2)c1. The Morgan fingerprint density at radius 3 is 2.42 bits per heavy atom. The van der Waals surface area contributed by atoms with Gasteiger partial charge in [-0.15, -0.1) is 0 Å². The summed E-state index contributed by atoms with van der Waals surface area (Å²) >= 11 is 0. The van der Waals surface area contributed by atoms with E-state index in [1.165, 1.54) is 60.5 Å². The van der Waals surface area contributed by atoms with Gasteiger partial charge < -0.3 is 19.1 Å². The van der Waals surface area contributed by atoms with Gasteiger partial charge in [0.25, 0.3) is 5.69 Å². The Kier molecular flexibility index (Phi) is 7.76. The molecule has 1 fully saturated rings. The number of rotatable bonds is 9. The van der Waals surface area contributed by atoms with E-state index in [2.05, 4.69) is 0 Å². The molecule has 38 heavy (non-hydrogen) atoms. The minimum Gasteiger partial charge on any atom is -0.497 e. The van der Waals surface area contributed by atoms with Crippen LogP contribution in [0, 0.1) is 16.0 Å². The Hall–Kier alpha value is -5.06. The number of ether oxygens (including phenoxy) is 3. The molecule has 1 aliphatic rings. The molecule has 0 aromatic heterocycles. The third kappa shape index (κ3) is 6.01. The molecule has 3 aromatic rings. The minimum atomic E-state index is -0.812. The number of non-ortho nitro benzene ring substituents is 1. The van der Waals surface area contributed by atoms with Crippen molar-refractivity contribution in [2.75, 3.05) is 25.2 Å². The van der Waals surface area contributed by atoms with E-state index in [1.54, 1.807) is 24.3 Å². The Balaban J connectivity index is 1.30. The van der Waals surface area contributed by atoms with Crippen LogP contribution in [0.15, 0.2) is 72.8 Å². The third-order valence-corrected chi connectivity index (χ3v) is 5.85. The molecule has 0 N–H and O–H groups in total. The summed E-state index contributed by atoms with van der Waals surface area (Å²) in [5.41, 5.74) is 0.668. The van der Waals surface area contributed by atoms with Crippen LogP contribution < -0.4 is 14.4 Å². The standard InChI is InChI=1S/C27H22N2O9/c1-36-23-7-2-4-18(12-23)27(33)38-22-10-8-17(9-11-22)24(30)16-37-26(32)19-13-25(31)28(15-19)20-5-3-6-21(14-20)29(34)35/h2-12,14,19H,13,15-16H2,1H3/t19-/m1/s1. The molecule has 11 heteroatoms. The second-order valence-electron chi connectivity index (χ2n) is 8.36. The van der Waals surface area contributed by atoms with Crippen LogP contribution in [0.3, 0.4) is 0 Å². The number of Topliss-reactive ketones (excluding diaryl/α,β-unsaturated/α-hetero) is 1. The average Bonchev–Trinajstić information content (AvgIpc) is 3.33. The van der Waals surface area contributed by atoms with Gasteiger partial charge in [-0.1, -0.05) is 12.1 Å². The van der Waals surface area contributed by atoms with Gasteiger partial charge in [0.2, 0.25) is 5.91 Å². The zero-order valence-corrected chi connectivity index (χ0v) is 20.2. The summed E-state index contributed by atoms with van der Waals surface area (Å²) in [6, 6.07) is 17.8. The molecule has 1 saturated heterocycles.